The van der Waals surface area contributed by atoms with Gasteiger partial charge in [-0.15, -0.1) is 11.3 Å². The maximum absolute atomic E-state index is 6.09. The summed E-state index contributed by atoms with van der Waals surface area (Å²) in [5.74, 6) is 0.615. The van der Waals surface area contributed by atoms with Crippen molar-refractivity contribution in [1.82, 2.24) is 10.3 Å². The van der Waals surface area contributed by atoms with E-state index in [1.165, 1.54) is 10.6 Å². The van der Waals surface area contributed by atoms with Crippen molar-refractivity contribution >= 4 is 22.9 Å². The topological polar surface area (TPSA) is 24.9 Å². The highest BCUT2D eigenvalue weighted by Crippen LogP contribution is 2.30. The first-order valence-electron chi connectivity index (χ1n) is 7.55. The van der Waals surface area contributed by atoms with Gasteiger partial charge in [0.2, 0.25) is 0 Å². The fourth-order valence-corrected chi connectivity index (χ4v) is 3.44. The summed E-state index contributed by atoms with van der Waals surface area (Å²) in [7, 11) is 0. The predicted molar refractivity (Wildman–Crippen MR) is 93.1 cm³/mol. The largest absolute Gasteiger partial charge is 0.312 e. The van der Waals surface area contributed by atoms with Crippen LogP contribution in [0.3, 0.4) is 0 Å². The minimum absolute atomic E-state index is 0.615. The van der Waals surface area contributed by atoms with Gasteiger partial charge in [0.25, 0.3) is 0 Å². The Bertz CT molecular complexity index is 578. The SMILES string of the molecule is CCCNCc1sc(-c2cccc(Cl)c2)nc1CC(C)C. The third kappa shape index (κ3) is 4.80. The summed E-state index contributed by atoms with van der Waals surface area (Å²) in [6.07, 6.45) is 2.18. The first-order chi connectivity index (χ1) is 10.1. The molecule has 0 unspecified atom stereocenters. The van der Waals surface area contributed by atoms with E-state index < -0.39 is 0 Å². The maximum Gasteiger partial charge on any atom is 0.123 e. The summed E-state index contributed by atoms with van der Waals surface area (Å²) in [5.41, 5.74) is 2.34. The number of halogens is 1. The van der Waals surface area contributed by atoms with E-state index in [1.807, 2.05) is 18.2 Å². The van der Waals surface area contributed by atoms with Gasteiger partial charge in [0.05, 0.1) is 5.69 Å². The number of nitrogens with one attached hydrogen (secondary N) is 1. The van der Waals surface area contributed by atoms with Crippen molar-refractivity contribution in [2.45, 2.75) is 40.2 Å². The Balaban J connectivity index is 2.26. The molecule has 4 heteroatoms. The van der Waals surface area contributed by atoms with E-state index in [1.54, 1.807) is 11.3 Å². The van der Waals surface area contributed by atoms with Gasteiger partial charge in [-0.1, -0.05) is 44.5 Å². The second-order valence-electron chi connectivity index (χ2n) is 5.67. The van der Waals surface area contributed by atoms with Gasteiger partial charge in [-0.2, -0.15) is 0 Å². The van der Waals surface area contributed by atoms with Crippen LogP contribution in [0.2, 0.25) is 5.02 Å². The summed E-state index contributed by atoms with van der Waals surface area (Å²) >= 11 is 7.87. The Morgan fingerprint density at radius 1 is 1.33 bits per heavy atom. The van der Waals surface area contributed by atoms with E-state index in [-0.39, 0.29) is 0 Å². The van der Waals surface area contributed by atoms with Crippen LogP contribution < -0.4 is 5.32 Å². The maximum atomic E-state index is 6.09. The third-order valence-electron chi connectivity index (χ3n) is 3.16. The van der Waals surface area contributed by atoms with Crippen molar-refractivity contribution in [2.24, 2.45) is 5.92 Å². The molecule has 0 saturated carbocycles. The minimum atomic E-state index is 0.615. The molecule has 1 N–H and O–H groups in total. The molecule has 114 valence electrons. The van der Waals surface area contributed by atoms with Gasteiger partial charge in [-0.25, -0.2) is 4.98 Å². The monoisotopic (exact) mass is 322 g/mol. The van der Waals surface area contributed by atoms with Crippen molar-refractivity contribution in [1.29, 1.82) is 0 Å². The Kier molecular flexibility index (Phi) is 6.22. The quantitative estimate of drug-likeness (QED) is 0.712. The number of hydrogen-bond acceptors (Lipinski definition) is 3. The highest BCUT2D eigenvalue weighted by molar-refractivity contribution is 7.15. The lowest BCUT2D eigenvalue weighted by atomic mass is 10.1. The summed E-state index contributed by atoms with van der Waals surface area (Å²) in [5, 5.41) is 5.32. The summed E-state index contributed by atoms with van der Waals surface area (Å²) < 4.78 is 0. The molecule has 0 aliphatic heterocycles. The first kappa shape index (κ1) is 16.5. The second-order valence-corrected chi connectivity index (χ2v) is 7.19. The van der Waals surface area contributed by atoms with Gasteiger partial charge in [0.15, 0.2) is 0 Å². The number of nitrogens with zero attached hydrogens (tertiary/aromatic N) is 1. The number of rotatable bonds is 7. The lowest BCUT2D eigenvalue weighted by Gasteiger charge is -2.05. The average Bonchev–Trinajstić information content (AvgIpc) is 2.81. The summed E-state index contributed by atoms with van der Waals surface area (Å²) in [4.78, 5) is 6.21. The van der Waals surface area contributed by atoms with Gasteiger partial charge in [0.1, 0.15) is 5.01 Å². The molecule has 0 spiro atoms. The van der Waals surface area contributed by atoms with Crippen molar-refractivity contribution in [3.8, 4) is 10.6 Å². The number of hydrogen-bond donors (Lipinski definition) is 1. The molecule has 0 bridgehead atoms. The van der Waals surface area contributed by atoms with E-state index >= 15 is 0 Å². The average molecular weight is 323 g/mol. The van der Waals surface area contributed by atoms with E-state index in [9.17, 15) is 0 Å². The Hall–Kier alpha value is -0.900. The highest BCUT2D eigenvalue weighted by Gasteiger charge is 2.13. The molecule has 0 atom stereocenters. The van der Waals surface area contributed by atoms with Gasteiger partial charge in [0, 0.05) is 22.0 Å². The molecule has 2 nitrogen and oxygen atoms in total. The summed E-state index contributed by atoms with van der Waals surface area (Å²) in [6.45, 7) is 8.62. The van der Waals surface area contributed by atoms with Crippen LogP contribution in [0.1, 0.15) is 37.8 Å². The van der Waals surface area contributed by atoms with E-state index in [0.29, 0.717) is 5.92 Å². The van der Waals surface area contributed by atoms with E-state index in [0.717, 1.165) is 41.5 Å². The molecule has 21 heavy (non-hydrogen) atoms. The zero-order valence-electron chi connectivity index (χ0n) is 12.9. The van der Waals surface area contributed by atoms with E-state index in [2.05, 4.69) is 32.2 Å². The zero-order valence-corrected chi connectivity index (χ0v) is 14.5. The standard InChI is InChI=1S/C17H23ClN2S/c1-4-8-19-11-16-15(9-12(2)3)20-17(21-16)13-6-5-7-14(18)10-13/h5-7,10,12,19H,4,8-9,11H2,1-3H3. The number of benzene rings is 1. The summed E-state index contributed by atoms with van der Waals surface area (Å²) in [6, 6.07) is 7.95. The molecule has 2 rings (SSSR count). The van der Waals surface area contributed by atoms with Crippen molar-refractivity contribution in [3.05, 3.63) is 39.9 Å². The van der Waals surface area contributed by atoms with Gasteiger partial charge in [-0.05, 0) is 37.4 Å². The van der Waals surface area contributed by atoms with Crippen molar-refractivity contribution in [3.63, 3.8) is 0 Å². The van der Waals surface area contributed by atoms with Crippen LogP contribution in [0.4, 0.5) is 0 Å². The van der Waals surface area contributed by atoms with Gasteiger partial charge in [-0.3, -0.25) is 0 Å². The van der Waals surface area contributed by atoms with Crippen molar-refractivity contribution < 1.29 is 0 Å². The Morgan fingerprint density at radius 2 is 2.14 bits per heavy atom. The molecule has 1 aromatic heterocycles. The van der Waals surface area contributed by atoms with Crippen LogP contribution in [0.5, 0.6) is 0 Å². The molecule has 0 saturated heterocycles. The molecule has 0 fully saturated rings. The molecular formula is C17H23ClN2S. The molecule has 1 heterocycles. The van der Waals surface area contributed by atoms with Crippen LogP contribution in [-0.2, 0) is 13.0 Å². The molecular weight excluding hydrogens is 300 g/mol. The van der Waals surface area contributed by atoms with Crippen LogP contribution in [-0.4, -0.2) is 11.5 Å². The first-order valence-corrected chi connectivity index (χ1v) is 8.74. The van der Waals surface area contributed by atoms with Crippen LogP contribution in [0.25, 0.3) is 10.6 Å². The minimum Gasteiger partial charge on any atom is -0.312 e. The van der Waals surface area contributed by atoms with Gasteiger partial charge >= 0.3 is 0 Å². The normalized spacial score (nSPS) is 11.3. The number of thiazole rings is 1. The lowest BCUT2D eigenvalue weighted by Crippen LogP contribution is -2.14. The Morgan fingerprint density at radius 3 is 2.81 bits per heavy atom. The van der Waals surface area contributed by atoms with Crippen LogP contribution in [0.15, 0.2) is 24.3 Å². The third-order valence-corrected chi connectivity index (χ3v) is 4.55. The van der Waals surface area contributed by atoms with Crippen molar-refractivity contribution in [2.75, 3.05) is 6.54 Å². The zero-order chi connectivity index (χ0) is 15.2. The molecule has 2 aromatic rings. The van der Waals surface area contributed by atoms with Crippen LogP contribution in [0, 0.1) is 5.92 Å². The van der Waals surface area contributed by atoms with Crippen LogP contribution >= 0.6 is 22.9 Å². The predicted octanol–water partition coefficient (Wildman–Crippen LogP) is 5.16. The fourth-order valence-electron chi connectivity index (χ4n) is 2.19. The second kappa shape index (κ2) is 7.92. The Labute approximate surface area is 136 Å². The number of aromatic nitrogens is 1. The highest BCUT2D eigenvalue weighted by atomic mass is 35.5. The lowest BCUT2D eigenvalue weighted by molar-refractivity contribution is 0.623. The molecule has 0 aliphatic carbocycles. The molecule has 0 radical (unpaired) electrons. The van der Waals surface area contributed by atoms with Gasteiger partial charge < -0.3 is 5.32 Å². The smallest absolute Gasteiger partial charge is 0.123 e. The van der Waals surface area contributed by atoms with E-state index in [4.69, 9.17) is 16.6 Å². The molecule has 0 amide bonds. The fraction of sp³-hybridized carbons (Fsp3) is 0.471. The molecule has 0 aliphatic rings. The molecule has 1 aromatic carbocycles.